The zero-order valence-corrected chi connectivity index (χ0v) is 13.2. The Bertz CT molecular complexity index is 881. The lowest BCUT2D eigenvalue weighted by atomic mass is 9.93. The van der Waals surface area contributed by atoms with Gasteiger partial charge in [-0.05, 0) is 25.0 Å². The van der Waals surface area contributed by atoms with E-state index in [9.17, 15) is 19.7 Å². The molecule has 1 fully saturated rings. The summed E-state index contributed by atoms with van der Waals surface area (Å²) in [6.07, 6.45) is 1.29. The van der Waals surface area contributed by atoms with Gasteiger partial charge < -0.3 is 15.1 Å². The summed E-state index contributed by atoms with van der Waals surface area (Å²) < 4.78 is 5.73. The van der Waals surface area contributed by atoms with E-state index in [1.807, 2.05) is 0 Å². The molecule has 1 aliphatic rings. The number of piperidine rings is 1. The van der Waals surface area contributed by atoms with Crippen LogP contribution in [0, 0.1) is 10.1 Å². The Morgan fingerprint density at radius 1 is 1.38 bits per heavy atom. The van der Waals surface area contributed by atoms with Crippen LogP contribution in [0.3, 0.4) is 0 Å². The molecule has 1 aromatic heterocycles. The number of carbonyl (C=O) groups is 1. The van der Waals surface area contributed by atoms with Gasteiger partial charge in [-0.2, -0.15) is 0 Å². The van der Waals surface area contributed by atoms with Gasteiger partial charge in [0.05, 0.1) is 10.3 Å². The molecule has 0 unspecified atom stereocenters. The molecule has 0 aliphatic carbocycles. The minimum atomic E-state index is -0.636. The van der Waals surface area contributed by atoms with Crippen molar-refractivity contribution < 1.29 is 14.1 Å². The number of nitrogens with zero attached hydrogens (tertiary/aromatic N) is 2. The maximum Gasteiger partial charge on any atom is 0.334 e. The molecule has 0 saturated carbocycles. The molecule has 1 amide bonds. The maximum absolute atomic E-state index is 12.3. The lowest BCUT2D eigenvalue weighted by molar-refractivity contribution is -0.382. The minimum Gasteiger partial charge on any atom is -0.453 e. The number of nitrogen functional groups attached to an aromatic ring is 1. The van der Waals surface area contributed by atoms with Crippen LogP contribution in [0.5, 0.6) is 0 Å². The minimum absolute atomic E-state index is 0.0109. The first-order valence-electron chi connectivity index (χ1n) is 7.64. The summed E-state index contributed by atoms with van der Waals surface area (Å²) in [7, 11) is 0. The molecule has 2 N–H and O–H groups in total. The molecule has 2 heterocycles. The van der Waals surface area contributed by atoms with Gasteiger partial charge >= 0.3 is 5.69 Å². The van der Waals surface area contributed by atoms with Gasteiger partial charge in [-0.15, -0.1) is 0 Å². The monoisotopic (exact) mass is 331 g/mol. The van der Waals surface area contributed by atoms with Crippen LogP contribution >= 0.6 is 0 Å². The van der Waals surface area contributed by atoms with E-state index in [0.29, 0.717) is 31.7 Å². The van der Waals surface area contributed by atoms with Crippen molar-refractivity contribution in [1.29, 1.82) is 0 Å². The molecule has 1 aromatic carbocycles. The Hall–Kier alpha value is -2.90. The Kier molecular flexibility index (Phi) is 3.96. The number of amides is 1. The van der Waals surface area contributed by atoms with E-state index in [1.54, 1.807) is 4.90 Å². The third kappa shape index (κ3) is 2.70. The molecule has 2 aromatic rings. The molecule has 0 bridgehead atoms. The van der Waals surface area contributed by atoms with Crippen LogP contribution in [0.4, 0.5) is 11.4 Å². The van der Waals surface area contributed by atoms with Crippen LogP contribution in [0.1, 0.15) is 31.4 Å². The second-order valence-corrected chi connectivity index (χ2v) is 5.93. The molecule has 0 atom stereocenters. The molecule has 0 spiro atoms. The fourth-order valence-corrected chi connectivity index (χ4v) is 3.11. The number of likely N-dealkylation sites (tertiary alicyclic amines) is 1. The Morgan fingerprint density at radius 3 is 2.62 bits per heavy atom. The quantitative estimate of drug-likeness (QED) is 0.510. The van der Waals surface area contributed by atoms with Crippen LogP contribution < -0.4 is 11.2 Å². The van der Waals surface area contributed by atoms with Gasteiger partial charge in [0.1, 0.15) is 11.4 Å². The van der Waals surface area contributed by atoms with Gasteiger partial charge in [-0.1, -0.05) is 0 Å². The third-order valence-electron chi connectivity index (χ3n) is 4.45. The number of hydrogen-bond acceptors (Lipinski definition) is 6. The van der Waals surface area contributed by atoms with E-state index in [-0.39, 0.29) is 39.6 Å². The van der Waals surface area contributed by atoms with E-state index >= 15 is 0 Å². The zero-order valence-electron chi connectivity index (χ0n) is 13.2. The van der Waals surface area contributed by atoms with Gasteiger partial charge in [-0.25, -0.2) is 0 Å². The first-order valence-corrected chi connectivity index (χ1v) is 7.64. The largest absolute Gasteiger partial charge is 0.453 e. The number of nitro benzene ring substituents is 1. The molecule has 1 saturated heterocycles. The second-order valence-electron chi connectivity index (χ2n) is 5.93. The molecule has 126 valence electrons. The van der Waals surface area contributed by atoms with E-state index < -0.39 is 4.92 Å². The highest BCUT2D eigenvalue weighted by atomic mass is 16.6. The summed E-state index contributed by atoms with van der Waals surface area (Å²) in [6, 6.07) is 4.16. The van der Waals surface area contributed by atoms with E-state index in [4.69, 9.17) is 10.2 Å². The van der Waals surface area contributed by atoms with Gasteiger partial charge in [0.15, 0.2) is 5.43 Å². The molecular weight excluding hydrogens is 314 g/mol. The predicted octanol–water partition coefficient (Wildman–Crippen LogP) is 2.01. The van der Waals surface area contributed by atoms with Crippen molar-refractivity contribution in [2.45, 2.75) is 25.7 Å². The smallest absolute Gasteiger partial charge is 0.334 e. The average molecular weight is 331 g/mol. The normalized spacial score (nSPS) is 15.6. The molecule has 8 heteroatoms. The van der Waals surface area contributed by atoms with Crippen LogP contribution in [-0.2, 0) is 4.79 Å². The van der Waals surface area contributed by atoms with Crippen LogP contribution in [0.25, 0.3) is 11.0 Å². The van der Waals surface area contributed by atoms with Crippen LogP contribution in [-0.4, -0.2) is 28.8 Å². The average Bonchev–Trinajstić information content (AvgIpc) is 2.54. The number of carbonyl (C=O) groups excluding carboxylic acids is 1. The highest BCUT2D eigenvalue weighted by Crippen LogP contribution is 2.34. The standard InChI is InChI=1S/C16H17N3O5/c1-9(20)18-6-4-10(5-7-18)14-8-13(21)11-2-3-12(17)15(19(22)23)16(11)24-14/h2-3,8,10H,4-7,17H2,1H3. The maximum atomic E-state index is 12.3. The molecule has 1 aliphatic heterocycles. The van der Waals surface area contributed by atoms with Gasteiger partial charge in [0.25, 0.3) is 0 Å². The Labute approximate surface area is 137 Å². The number of nitrogens with two attached hydrogens (primary N) is 1. The van der Waals surface area contributed by atoms with Gasteiger partial charge in [0, 0.05) is 32.0 Å². The Morgan fingerprint density at radius 2 is 2.04 bits per heavy atom. The number of benzene rings is 1. The van der Waals surface area contributed by atoms with Crippen molar-refractivity contribution >= 4 is 28.3 Å². The van der Waals surface area contributed by atoms with Crippen molar-refractivity contribution in [3.05, 3.63) is 44.3 Å². The number of hydrogen-bond donors (Lipinski definition) is 1. The first-order chi connectivity index (χ1) is 11.4. The number of nitro groups is 1. The van der Waals surface area contributed by atoms with E-state index in [0.717, 1.165) is 0 Å². The fourth-order valence-electron chi connectivity index (χ4n) is 3.11. The van der Waals surface area contributed by atoms with Crippen molar-refractivity contribution in [3.8, 4) is 0 Å². The summed E-state index contributed by atoms with van der Waals surface area (Å²) >= 11 is 0. The summed E-state index contributed by atoms with van der Waals surface area (Å²) in [5.74, 6) is 0.361. The molecule has 3 rings (SSSR count). The molecule has 0 radical (unpaired) electrons. The number of rotatable bonds is 2. The molecule has 24 heavy (non-hydrogen) atoms. The fraction of sp³-hybridized carbons (Fsp3) is 0.375. The second kappa shape index (κ2) is 5.95. The lowest BCUT2D eigenvalue weighted by Crippen LogP contribution is -2.36. The lowest BCUT2D eigenvalue weighted by Gasteiger charge is -2.30. The SMILES string of the molecule is CC(=O)N1CCC(c2cc(=O)c3ccc(N)c([N+](=O)[O-])c3o2)CC1. The summed E-state index contributed by atoms with van der Waals surface area (Å²) in [4.78, 5) is 36.1. The van der Waals surface area contributed by atoms with Crippen molar-refractivity contribution in [2.75, 3.05) is 18.8 Å². The predicted molar refractivity (Wildman–Crippen MR) is 87.8 cm³/mol. The summed E-state index contributed by atoms with van der Waals surface area (Å²) in [6.45, 7) is 2.66. The van der Waals surface area contributed by atoms with Gasteiger partial charge in [0.2, 0.25) is 11.5 Å². The van der Waals surface area contributed by atoms with Gasteiger partial charge in [-0.3, -0.25) is 19.7 Å². The van der Waals surface area contributed by atoms with Crippen LogP contribution in [0.15, 0.2) is 27.4 Å². The van der Waals surface area contributed by atoms with Crippen LogP contribution in [0.2, 0.25) is 0 Å². The number of anilines is 1. The topological polar surface area (TPSA) is 120 Å². The zero-order chi connectivity index (χ0) is 17.4. The molecule has 8 nitrogen and oxygen atoms in total. The number of fused-ring (bicyclic) bond motifs is 1. The van der Waals surface area contributed by atoms with Crippen molar-refractivity contribution in [3.63, 3.8) is 0 Å². The molecular formula is C16H17N3O5. The highest BCUT2D eigenvalue weighted by molar-refractivity contribution is 5.91. The summed E-state index contributed by atoms with van der Waals surface area (Å²) in [5, 5.41) is 11.4. The van der Waals surface area contributed by atoms with E-state index in [1.165, 1.54) is 25.1 Å². The Balaban J connectivity index is 2.05. The third-order valence-corrected chi connectivity index (χ3v) is 4.45. The van der Waals surface area contributed by atoms with Crippen molar-refractivity contribution in [1.82, 2.24) is 4.90 Å². The summed E-state index contributed by atoms with van der Waals surface area (Å²) in [5.41, 5.74) is 4.83. The highest BCUT2D eigenvalue weighted by Gasteiger charge is 2.27. The van der Waals surface area contributed by atoms with Crippen molar-refractivity contribution in [2.24, 2.45) is 0 Å². The van der Waals surface area contributed by atoms with E-state index in [2.05, 4.69) is 0 Å². The first kappa shape index (κ1) is 16.0.